The third-order valence-corrected chi connectivity index (χ3v) is 11.9. The second-order valence-electron chi connectivity index (χ2n) is 12.7. The second-order valence-corrected chi connectivity index (χ2v) is 14.4. The fourth-order valence-corrected chi connectivity index (χ4v) is 10.1. The van der Waals surface area contributed by atoms with Crippen LogP contribution in [0.3, 0.4) is 0 Å². The minimum absolute atomic E-state index is 0.0242. The number of hydrogen-bond donors (Lipinski definition) is 0. The lowest BCUT2D eigenvalue weighted by atomic mass is 9.48. The van der Waals surface area contributed by atoms with Gasteiger partial charge in [-0.05, 0) is 105 Å². The number of benzene rings is 1. The predicted octanol–water partition coefficient (Wildman–Crippen LogP) is 5.07. The van der Waals surface area contributed by atoms with E-state index in [9.17, 15) is 4.55 Å². The smallest absolute Gasteiger partial charge is 0.119 e. The van der Waals surface area contributed by atoms with Crippen LogP contribution in [0.2, 0.25) is 0 Å². The molecule has 8 rings (SSSR count). The van der Waals surface area contributed by atoms with Crippen LogP contribution in [0, 0.1) is 23.7 Å². The minimum atomic E-state index is -0.615. The molecule has 0 radical (unpaired) electrons. The van der Waals surface area contributed by atoms with Crippen molar-refractivity contribution in [1.82, 2.24) is 4.90 Å². The van der Waals surface area contributed by atoms with Gasteiger partial charge in [-0.2, -0.15) is 0 Å². The van der Waals surface area contributed by atoms with Crippen molar-refractivity contribution >= 4 is 11.2 Å². The molecule has 0 aromatic heterocycles. The highest BCUT2D eigenvalue weighted by atomic mass is 32.2. The molecule has 5 nitrogen and oxygen atoms in total. The van der Waals surface area contributed by atoms with E-state index in [4.69, 9.17) is 14.5 Å². The Morgan fingerprint density at radius 3 is 2.40 bits per heavy atom. The van der Waals surface area contributed by atoms with E-state index in [0.29, 0.717) is 12.5 Å². The zero-order valence-corrected chi connectivity index (χ0v) is 21.8. The first-order valence-electron chi connectivity index (χ1n) is 14.3. The standard InChI is InChI=1S/C29H41NO4S/c31-35-12-9-30(10-13-35)8-11-32-27-5-3-23(4-6-27)24-2-1-7-28(19-24)20-29(34-33-28)25-15-21-14-22(17-25)18-26(29)16-21/h3-6,21-22,24-26H,1-2,7-20H2/t21?,22?,24-,25?,26?,28-,29?/m1/s1. The highest BCUT2D eigenvalue weighted by Gasteiger charge is 2.65. The van der Waals surface area contributed by atoms with Crippen molar-refractivity contribution in [1.29, 1.82) is 0 Å². The van der Waals surface area contributed by atoms with Gasteiger partial charge in [0.25, 0.3) is 0 Å². The Labute approximate surface area is 213 Å². The second kappa shape index (κ2) is 9.20. The molecule has 2 spiro atoms. The lowest BCUT2D eigenvalue weighted by molar-refractivity contribution is -0.385. The van der Waals surface area contributed by atoms with Crippen LogP contribution in [0.5, 0.6) is 5.75 Å². The first-order chi connectivity index (χ1) is 17.1. The van der Waals surface area contributed by atoms with Crippen LogP contribution in [-0.2, 0) is 21.0 Å². The van der Waals surface area contributed by atoms with Gasteiger partial charge in [0.1, 0.15) is 35.1 Å². The summed E-state index contributed by atoms with van der Waals surface area (Å²) in [6, 6.07) is 8.84. The highest BCUT2D eigenvalue weighted by Crippen LogP contribution is 2.65. The van der Waals surface area contributed by atoms with Crippen molar-refractivity contribution in [2.24, 2.45) is 23.7 Å². The van der Waals surface area contributed by atoms with E-state index in [2.05, 4.69) is 29.2 Å². The SMILES string of the molecule is [O-][S+]1CCN(CCOc2ccc([C@@H]3CCC[C@@]4(C3)CC3(OO4)C4CC5CC(C4)CC3C5)cc2)CC1. The molecule has 35 heavy (non-hydrogen) atoms. The summed E-state index contributed by atoms with van der Waals surface area (Å²) in [6.07, 6.45) is 12.9. The van der Waals surface area contributed by atoms with Gasteiger partial charge in [-0.25, -0.2) is 9.78 Å². The van der Waals surface area contributed by atoms with Crippen molar-refractivity contribution in [2.45, 2.75) is 81.3 Å². The number of hydrogen-bond acceptors (Lipinski definition) is 5. The third-order valence-electron chi connectivity index (χ3n) is 10.6. The van der Waals surface area contributed by atoms with Crippen LogP contribution in [-0.4, -0.2) is 58.4 Å². The highest BCUT2D eigenvalue weighted by molar-refractivity contribution is 7.91. The third kappa shape index (κ3) is 4.35. The van der Waals surface area contributed by atoms with Crippen molar-refractivity contribution in [2.75, 3.05) is 37.7 Å². The molecular formula is C29H41NO4S. The molecule has 7 aliphatic rings. The van der Waals surface area contributed by atoms with Gasteiger partial charge in [0.2, 0.25) is 0 Å². The van der Waals surface area contributed by atoms with Crippen molar-refractivity contribution in [3.63, 3.8) is 0 Å². The van der Waals surface area contributed by atoms with E-state index >= 15 is 0 Å². The molecule has 5 saturated carbocycles. The average molecular weight is 500 g/mol. The molecule has 192 valence electrons. The van der Waals surface area contributed by atoms with E-state index in [1.165, 1.54) is 50.5 Å². The predicted molar refractivity (Wildman–Crippen MR) is 137 cm³/mol. The number of rotatable bonds is 5. The van der Waals surface area contributed by atoms with Crippen LogP contribution >= 0.6 is 0 Å². The Balaban J connectivity index is 0.963. The van der Waals surface area contributed by atoms with Crippen LogP contribution in [0.1, 0.15) is 75.7 Å². The molecule has 1 aromatic carbocycles. The molecule has 5 aliphatic carbocycles. The first kappa shape index (κ1) is 23.3. The Morgan fingerprint density at radius 1 is 0.971 bits per heavy atom. The van der Waals surface area contributed by atoms with Crippen molar-refractivity contribution in [3.05, 3.63) is 29.8 Å². The van der Waals surface area contributed by atoms with Crippen LogP contribution in [0.15, 0.2) is 24.3 Å². The zero-order chi connectivity index (χ0) is 23.5. The van der Waals surface area contributed by atoms with Gasteiger partial charge in [-0.1, -0.05) is 23.3 Å². The average Bonchev–Trinajstić information content (AvgIpc) is 3.23. The van der Waals surface area contributed by atoms with E-state index < -0.39 is 11.2 Å². The minimum Gasteiger partial charge on any atom is -0.616 e. The van der Waals surface area contributed by atoms with E-state index in [1.807, 2.05) is 0 Å². The van der Waals surface area contributed by atoms with Gasteiger partial charge < -0.3 is 9.29 Å². The Bertz CT molecular complexity index is 872. The molecule has 0 unspecified atom stereocenters. The molecule has 2 heterocycles. The van der Waals surface area contributed by atoms with Crippen LogP contribution < -0.4 is 4.74 Å². The maximum Gasteiger partial charge on any atom is 0.119 e. The van der Waals surface area contributed by atoms with Gasteiger partial charge >= 0.3 is 0 Å². The summed E-state index contributed by atoms with van der Waals surface area (Å²) < 4.78 is 17.6. The maximum absolute atomic E-state index is 11.5. The first-order valence-corrected chi connectivity index (χ1v) is 15.7. The summed E-state index contributed by atoms with van der Waals surface area (Å²) in [5.41, 5.74) is 1.37. The van der Waals surface area contributed by atoms with Crippen molar-refractivity contribution < 1.29 is 19.1 Å². The molecule has 0 amide bonds. The molecule has 1 aromatic rings. The molecule has 2 saturated heterocycles. The summed E-state index contributed by atoms with van der Waals surface area (Å²) in [5.74, 6) is 6.51. The summed E-state index contributed by atoms with van der Waals surface area (Å²) >= 11 is -0.615. The number of nitrogens with zero attached hydrogens (tertiary/aromatic N) is 1. The Hall–Kier alpha value is -0.790. The lowest BCUT2D eigenvalue weighted by Crippen LogP contribution is -2.58. The van der Waals surface area contributed by atoms with Gasteiger partial charge in [0.05, 0.1) is 0 Å². The monoisotopic (exact) mass is 499 g/mol. The van der Waals surface area contributed by atoms with Gasteiger partial charge in [-0.3, -0.25) is 4.90 Å². The van der Waals surface area contributed by atoms with Gasteiger partial charge in [-0.15, -0.1) is 0 Å². The molecule has 7 fully saturated rings. The molecule has 0 N–H and O–H groups in total. The van der Waals surface area contributed by atoms with Crippen LogP contribution in [0.25, 0.3) is 0 Å². The van der Waals surface area contributed by atoms with Crippen LogP contribution in [0.4, 0.5) is 0 Å². The molecule has 2 atom stereocenters. The number of ether oxygens (including phenoxy) is 1. The van der Waals surface area contributed by atoms with Gasteiger partial charge in [0, 0.05) is 26.1 Å². The van der Waals surface area contributed by atoms with Crippen molar-refractivity contribution in [3.8, 4) is 5.75 Å². The van der Waals surface area contributed by atoms with E-state index in [0.717, 1.165) is 79.8 Å². The lowest BCUT2D eigenvalue weighted by Gasteiger charge is -2.58. The maximum atomic E-state index is 11.5. The summed E-state index contributed by atoms with van der Waals surface area (Å²) in [6.45, 7) is 3.45. The zero-order valence-electron chi connectivity index (χ0n) is 21.0. The molecule has 4 bridgehead atoms. The summed E-state index contributed by atoms with van der Waals surface area (Å²) in [5, 5.41) is 0. The summed E-state index contributed by atoms with van der Waals surface area (Å²) in [4.78, 5) is 15.2. The van der Waals surface area contributed by atoms with E-state index in [-0.39, 0.29) is 11.2 Å². The Kier molecular flexibility index (Phi) is 6.13. The Morgan fingerprint density at radius 2 is 1.69 bits per heavy atom. The quantitative estimate of drug-likeness (QED) is 0.418. The fraction of sp³-hybridized carbons (Fsp3) is 0.793. The van der Waals surface area contributed by atoms with E-state index in [1.54, 1.807) is 0 Å². The van der Waals surface area contributed by atoms with Gasteiger partial charge in [0.15, 0.2) is 0 Å². The summed E-state index contributed by atoms with van der Waals surface area (Å²) in [7, 11) is 0. The fourth-order valence-electron chi connectivity index (χ4n) is 9.01. The normalized spacial score (nSPS) is 43.4. The molecule has 2 aliphatic heterocycles. The topological polar surface area (TPSA) is 54.0 Å². The molecule has 6 heteroatoms. The molecular weight excluding hydrogens is 458 g/mol. The largest absolute Gasteiger partial charge is 0.616 e.